The first-order valence-corrected chi connectivity index (χ1v) is 9.70. The van der Waals surface area contributed by atoms with Crippen molar-refractivity contribution in [2.75, 3.05) is 16.8 Å². The lowest BCUT2D eigenvalue weighted by molar-refractivity contribution is -0.130. The molecule has 3 amide bonds. The monoisotopic (exact) mass is 386 g/mol. The van der Waals surface area contributed by atoms with E-state index in [-0.39, 0.29) is 30.1 Å². The molecule has 8 heteroatoms. The van der Waals surface area contributed by atoms with Crippen LogP contribution in [0.15, 0.2) is 41.9 Å². The molecule has 0 radical (unpaired) electrons. The van der Waals surface area contributed by atoms with Gasteiger partial charge in [0.05, 0.1) is 5.92 Å². The molecular formula is C19H22N4O3S. The van der Waals surface area contributed by atoms with E-state index in [4.69, 9.17) is 0 Å². The summed E-state index contributed by atoms with van der Waals surface area (Å²) in [7, 11) is 0. The fourth-order valence-corrected chi connectivity index (χ4v) is 3.55. The van der Waals surface area contributed by atoms with E-state index in [1.807, 2.05) is 44.2 Å². The topological polar surface area (TPSA) is 91.4 Å². The zero-order valence-electron chi connectivity index (χ0n) is 15.2. The van der Waals surface area contributed by atoms with E-state index in [9.17, 15) is 14.4 Å². The Hall–Kier alpha value is -2.74. The van der Waals surface area contributed by atoms with Crippen LogP contribution in [0.3, 0.4) is 0 Å². The molecule has 2 atom stereocenters. The molecule has 1 aromatic heterocycles. The van der Waals surface area contributed by atoms with Crippen molar-refractivity contribution in [3.05, 3.63) is 41.9 Å². The van der Waals surface area contributed by atoms with E-state index in [2.05, 4.69) is 15.6 Å². The first-order chi connectivity index (χ1) is 13.0. The molecule has 0 saturated carbocycles. The quantitative estimate of drug-likeness (QED) is 0.797. The summed E-state index contributed by atoms with van der Waals surface area (Å²) < 4.78 is 0. The van der Waals surface area contributed by atoms with Crippen LogP contribution in [0, 0.1) is 11.8 Å². The van der Waals surface area contributed by atoms with Gasteiger partial charge >= 0.3 is 0 Å². The van der Waals surface area contributed by atoms with Gasteiger partial charge in [-0.05, 0) is 18.1 Å². The number of rotatable bonds is 6. The maximum Gasteiger partial charge on any atom is 0.248 e. The molecular weight excluding hydrogens is 364 g/mol. The lowest BCUT2D eigenvalue weighted by Crippen LogP contribution is -2.49. The van der Waals surface area contributed by atoms with Gasteiger partial charge in [0.15, 0.2) is 5.13 Å². The highest BCUT2D eigenvalue weighted by molar-refractivity contribution is 7.13. The lowest BCUT2D eigenvalue weighted by atomic mass is 10.0. The Labute approximate surface area is 161 Å². The number of carbonyl (C=O) groups is 3. The largest absolute Gasteiger partial charge is 0.344 e. The smallest absolute Gasteiger partial charge is 0.248 e. The van der Waals surface area contributed by atoms with Crippen molar-refractivity contribution in [1.82, 2.24) is 10.3 Å². The summed E-state index contributed by atoms with van der Waals surface area (Å²) >= 11 is 1.32. The van der Waals surface area contributed by atoms with Crippen LogP contribution in [0.2, 0.25) is 0 Å². The Morgan fingerprint density at radius 1 is 1.26 bits per heavy atom. The number of hydrogen-bond donors (Lipinski definition) is 2. The molecule has 3 rings (SSSR count). The van der Waals surface area contributed by atoms with Gasteiger partial charge in [0.1, 0.15) is 6.04 Å². The van der Waals surface area contributed by atoms with E-state index >= 15 is 0 Å². The Bertz CT molecular complexity index is 808. The number of hydrogen-bond acceptors (Lipinski definition) is 5. The van der Waals surface area contributed by atoms with Gasteiger partial charge in [0, 0.05) is 30.2 Å². The third kappa shape index (κ3) is 4.51. The zero-order chi connectivity index (χ0) is 19.4. The maximum atomic E-state index is 12.7. The van der Waals surface area contributed by atoms with Gasteiger partial charge < -0.3 is 15.5 Å². The molecule has 1 aromatic carbocycles. The van der Waals surface area contributed by atoms with E-state index in [0.717, 1.165) is 5.69 Å². The average Bonchev–Trinajstić information content (AvgIpc) is 3.29. The van der Waals surface area contributed by atoms with E-state index in [0.29, 0.717) is 11.7 Å². The van der Waals surface area contributed by atoms with Gasteiger partial charge in [-0.25, -0.2) is 4.98 Å². The van der Waals surface area contributed by atoms with E-state index in [1.54, 1.807) is 16.5 Å². The highest BCUT2D eigenvalue weighted by Crippen LogP contribution is 2.25. The fraction of sp³-hybridized carbons (Fsp3) is 0.368. The minimum atomic E-state index is -0.692. The number of nitrogens with zero attached hydrogens (tertiary/aromatic N) is 2. The number of thiazole rings is 1. The SMILES string of the molecule is CC(C)[C@@H](NC(=O)C1CC(=O)N(c2ccccc2)C1)C(=O)Nc1nccs1. The Morgan fingerprint density at radius 2 is 2.00 bits per heavy atom. The number of anilines is 2. The predicted octanol–water partition coefficient (Wildman–Crippen LogP) is 2.28. The fourth-order valence-electron chi connectivity index (χ4n) is 3.02. The van der Waals surface area contributed by atoms with Gasteiger partial charge in [-0.2, -0.15) is 0 Å². The van der Waals surface area contributed by atoms with Crippen LogP contribution in [0.5, 0.6) is 0 Å². The molecule has 1 unspecified atom stereocenters. The lowest BCUT2D eigenvalue weighted by Gasteiger charge is -2.23. The normalized spacial score (nSPS) is 17.8. The third-order valence-corrected chi connectivity index (χ3v) is 5.16. The van der Waals surface area contributed by atoms with Crippen molar-refractivity contribution in [3.8, 4) is 0 Å². The molecule has 0 bridgehead atoms. The van der Waals surface area contributed by atoms with Crippen LogP contribution >= 0.6 is 11.3 Å². The molecule has 2 N–H and O–H groups in total. The van der Waals surface area contributed by atoms with Gasteiger partial charge in [0.25, 0.3) is 0 Å². The van der Waals surface area contributed by atoms with Gasteiger partial charge in [-0.15, -0.1) is 11.3 Å². The first kappa shape index (κ1) is 19.0. The number of aromatic nitrogens is 1. The molecule has 142 valence electrons. The van der Waals surface area contributed by atoms with Crippen molar-refractivity contribution in [1.29, 1.82) is 0 Å². The standard InChI is InChI=1S/C19H22N4O3S/c1-12(2)16(18(26)22-19-20-8-9-27-19)21-17(25)13-10-15(24)23(11-13)14-6-4-3-5-7-14/h3-9,12-13,16H,10-11H2,1-2H3,(H,21,25)(H,20,22,26)/t13?,16-/m1/s1. The van der Waals surface area contributed by atoms with Crippen molar-refractivity contribution in [2.24, 2.45) is 11.8 Å². The van der Waals surface area contributed by atoms with Crippen LogP contribution in [0.1, 0.15) is 20.3 Å². The average molecular weight is 386 g/mol. The van der Waals surface area contributed by atoms with Gasteiger partial charge in [-0.3, -0.25) is 14.4 Å². The molecule has 27 heavy (non-hydrogen) atoms. The molecule has 1 fully saturated rings. The van der Waals surface area contributed by atoms with Gasteiger partial charge in [0.2, 0.25) is 17.7 Å². The second-order valence-electron chi connectivity index (χ2n) is 6.80. The summed E-state index contributed by atoms with van der Waals surface area (Å²) in [6.45, 7) is 4.04. The summed E-state index contributed by atoms with van der Waals surface area (Å²) in [6.07, 6.45) is 1.74. The summed E-state index contributed by atoms with van der Waals surface area (Å²) in [6, 6.07) is 8.58. The number of para-hydroxylation sites is 1. The summed E-state index contributed by atoms with van der Waals surface area (Å²) in [5.74, 6) is -1.26. The second-order valence-corrected chi connectivity index (χ2v) is 7.69. The minimum Gasteiger partial charge on any atom is -0.344 e. The molecule has 2 heterocycles. The summed E-state index contributed by atoms with van der Waals surface area (Å²) in [5, 5.41) is 7.79. The molecule has 0 spiro atoms. The number of carbonyl (C=O) groups excluding carboxylic acids is 3. The maximum absolute atomic E-state index is 12.7. The van der Waals surface area contributed by atoms with Crippen molar-refractivity contribution >= 4 is 39.9 Å². The highest BCUT2D eigenvalue weighted by atomic mass is 32.1. The van der Waals surface area contributed by atoms with Crippen LogP contribution < -0.4 is 15.5 Å². The Kier molecular flexibility index (Phi) is 5.85. The van der Waals surface area contributed by atoms with Crippen LogP contribution in [0.25, 0.3) is 0 Å². The molecule has 0 aliphatic carbocycles. The van der Waals surface area contributed by atoms with Gasteiger partial charge in [-0.1, -0.05) is 32.0 Å². The minimum absolute atomic E-state index is 0.0883. The van der Waals surface area contributed by atoms with Crippen LogP contribution in [-0.4, -0.2) is 35.3 Å². The van der Waals surface area contributed by atoms with Crippen molar-refractivity contribution in [2.45, 2.75) is 26.3 Å². The van der Waals surface area contributed by atoms with E-state index in [1.165, 1.54) is 11.3 Å². The number of amides is 3. The van der Waals surface area contributed by atoms with Crippen LogP contribution in [0.4, 0.5) is 10.8 Å². The van der Waals surface area contributed by atoms with Crippen molar-refractivity contribution in [3.63, 3.8) is 0 Å². The Balaban J connectivity index is 1.64. The predicted molar refractivity (Wildman–Crippen MR) is 104 cm³/mol. The molecule has 1 aliphatic rings. The molecule has 7 nitrogen and oxygen atoms in total. The summed E-state index contributed by atoms with van der Waals surface area (Å²) in [5.41, 5.74) is 0.778. The third-order valence-electron chi connectivity index (χ3n) is 4.47. The van der Waals surface area contributed by atoms with Crippen LogP contribution in [-0.2, 0) is 14.4 Å². The first-order valence-electron chi connectivity index (χ1n) is 8.82. The second kappa shape index (κ2) is 8.30. The zero-order valence-corrected chi connectivity index (χ0v) is 16.0. The summed E-state index contributed by atoms with van der Waals surface area (Å²) in [4.78, 5) is 43.2. The Morgan fingerprint density at radius 3 is 2.63 bits per heavy atom. The molecule has 2 aromatic rings. The molecule has 1 aliphatic heterocycles. The number of benzene rings is 1. The van der Waals surface area contributed by atoms with Crippen molar-refractivity contribution < 1.29 is 14.4 Å². The molecule has 1 saturated heterocycles. The number of nitrogens with one attached hydrogen (secondary N) is 2. The highest BCUT2D eigenvalue weighted by Gasteiger charge is 2.37. The van der Waals surface area contributed by atoms with E-state index < -0.39 is 12.0 Å².